The molecule has 0 spiro atoms. The number of benzene rings is 2. The molecule has 0 aliphatic carbocycles. The van der Waals surface area contributed by atoms with E-state index in [1.54, 1.807) is 28.4 Å². The fourth-order valence-corrected chi connectivity index (χ4v) is 5.48. The van der Waals surface area contributed by atoms with Gasteiger partial charge in [-0.15, -0.1) is 0 Å². The number of anilines is 2. The Labute approximate surface area is 252 Å². The Hall–Kier alpha value is -4.54. The van der Waals surface area contributed by atoms with Crippen LogP contribution in [0.1, 0.15) is 17.5 Å². The van der Waals surface area contributed by atoms with Crippen LogP contribution < -0.4 is 28.7 Å². The molecule has 10 nitrogen and oxygen atoms in total. The lowest BCUT2D eigenvalue weighted by Gasteiger charge is -2.24. The van der Waals surface area contributed by atoms with E-state index >= 15 is 0 Å². The van der Waals surface area contributed by atoms with E-state index in [0.29, 0.717) is 34.1 Å². The molecule has 1 aliphatic rings. The maximum Gasteiger partial charge on any atom is 0.128 e. The number of nitrogens with zero attached hydrogens (tertiary/aromatic N) is 4. The molecule has 3 heterocycles. The molecule has 1 aliphatic heterocycles. The van der Waals surface area contributed by atoms with E-state index in [9.17, 15) is 10.2 Å². The fourth-order valence-electron chi connectivity index (χ4n) is 5.48. The summed E-state index contributed by atoms with van der Waals surface area (Å²) in [4.78, 5) is 14.2. The fraction of sp³-hybridized carbons (Fsp3) is 0.333. The van der Waals surface area contributed by atoms with Crippen LogP contribution in [0.4, 0.5) is 11.6 Å². The first kappa shape index (κ1) is 29.9. The van der Waals surface area contributed by atoms with Crippen molar-refractivity contribution in [3.8, 4) is 45.3 Å². The summed E-state index contributed by atoms with van der Waals surface area (Å²) in [5.74, 6) is 4.16. The van der Waals surface area contributed by atoms with Gasteiger partial charge in [0.25, 0.3) is 0 Å². The molecular formula is C33H38N4O6. The molecule has 0 atom stereocenters. The van der Waals surface area contributed by atoms with Gasteiger partial charge in [0, 0.05) is 49.7 Å². The average molecular weight is 587 g/mol. The SMILES string of the molecule is COc1cc(-c2ccc(N3CCCN(c4ccc(-c5cc(OC)c(CO)c(OC)c5)cn4)CC3)nc2)cc(OC)c1CO. The largest absolute Gasteiger partial charge is 0.496 e. The Morgan fingerprint density at radius 3 is 1.21 bits per heavy atom. The van der Waals surface area contributed by atoms with Crippen molar-refractivity contribution in [2.24, 2.45) is 0 Å². The summed E-state index contributed by atoms with van der Waals surface area (Å²) >= 11 is 0. The minimum atomic E-state index is -0.168. The van der Waals surface area contributed by atoms with Gasteiger partial charge in [-0.25, -0.2) is 9.97 Å². The van der Waals surface area contributed by atoms with Gasteiger partial charge in [0.15, 0.2) is 0 Å². The van der Waals surface area contributed by atoms with E-state index < -0.39 is 0 Å². The van der Waals surface area contributed by atoms with E-state index in [4.69, 9.17) is 28.9 Å². The molecule has 1 saturated heterocycles. The van der Waals surface area contributed by atoms with Crippen molar-refractivity contribution in [2.75, 3.05) is 64.4 Å². The molecule has 1 fully saturated rings. The number of aliphatic hydroxyl groups is 2. The zero-order valence-electron chi connectivity index (χ0n) is 25.0. The summed E-state index contributed by atoms with van der Waals surface area (Å²) in [6.07, 6.45) is 4.70. The minimum Gasteiger partial charge on any atom is -0.496 e. The topological polar surface area (TPSA) is 110 Å². The number of aliphatic hydroxyl groups excluding tert-OH is 2. The molecule has 5 rings (SSSR count). The Balaban J connectivity index is 1.27. The standard InChI is InChI=1S/C33H38N4O6/c1-40-28-14-24(15-29(41-2)26(28)20-38)22-6-8-32(34-18-22)36-10-5-11-37(13-12-36)33-9-7-23(19-35-33)25-16-30(42-3)27(21-39)31(17-25)43-4/h6-9,14-19,38-39H,5,10-13,20-21H2,1-4H3. The van der Waals surface area contributed by atoms with Gasteiger partial charge in [-0.1, -0.05) is 0 Å². The first-order valence-corrected chi connectivity index (χ1v) is 14.2. The number of ether oxygens (including phenoxy) is 4. The van der Waals surface area contributed by atoms with Gasteiger partial charge in [-0.2, -0.15) is 0 Å². The molecule has 2 aromatic carbocycles. The summed E-state index contributed by atoms with van der Waals surface area (Å²) in [6, 6.07) is 15.8. The smallest absolute Gasteiger partial charge is 0.128 e. The maximum atomic E-state index is 9.73. The van der Waals surface area contributed by atoms with Crippen molar-refractivity contribution in [1.29, 1.82) is 0 Å². The van der Waals surface area contributed by atoms with Crippen LogP contribution in [-0.2, 0) is 13.2 Å². The lowest BCUT2D eigenvalue weighted by Crippen LogP contribution is -2.31. The van der Waals surface area contributed by atoms with Crippen molar-refractivity contribution in [3.05, 3.63) is 72.1 Å². The van der Waals surface area contributed by atoms with Crippen molar-refractivity contribution in [2.45, 2.75) is 19.6 Å². The first-order chi connectivity index (χ1) is 21.0. The van der Waals surface area contributed by atoms with E-state index in [0.717, 1.165) is 66.5 Å². The molecule has 0 radical (unpaired) electrons. The summed E-state index contributed by atoms with van der Waals surface area (Å²) in [5.41, 5.74) is 4.92. The van der Waals surface area contributed by atoms with Crippen LogP contribution in [0.5, 0.6) is 23.0 Å². The normalized spacial score (nSPS) is 13.4. The molecule has 0 unspecified atom stereocenters. The lowest BCUT2D eigenvalue weighted by molar-refractivity contribution is 0.265. The zero-order valence-corrected chi connectivity index (χ0v) is 25.0. The third kappa shape index (κ3) is 6.30. The summed E-state index contributed by atoms with van der Waals surface area (Å²) < 4.78 is 21.9. The van der Waals surface area contributed by atoms with Crippen molar-refractivity contribution in [3.63, 3.8) is 0 Å². The zero-order chi connectivity index (χ0) is 30.3. The molecule has 0 bridgehead atoms. The Kier molecular flexibility index (Phi) is 9.48. The molecule has 10 heteroatoms. The summed E-state index contributed by atoms with van der Waals surface area (Å²) in [5, 5.41) is 19.5. The Morgan fingerprint density at radius 1 is 0.558 bits per heavy atom. The molecule has 2 aromatic heterocycles. The molecule has 2 N–H and O–H groups in total. The van der Waals surface area contributed by atoms with Crippen LogP contribution in [0.25, 0.3) is 22.3 Å². The van der Waals surface area contributed by atoms with Crippen molar-refractivity contribution >= 4 is 11.6 Å². The third-order valence-corrected chi connectivity index (χ3v) is 7.84. The number of hydrogen-bond acceptors (Lipinski definition) is 10. The Morgan fingerprint density at radius 2 is 0.930 bits per heavy atom. The van der Waals surface area contributed by atoms with Crippen LogP contribution in [0.2, 0.25) is 0 Å². The number of rotatable bonds is 10. The van der Waals surface area contributed by atoms with E-state index in [2.05, 4.69) is 21.9 Å². The quantitative estimate of drug-likeness (QED) is 0.275. The Bertz CT molecular complexity index is 1360. The van der Waals surface area contributed by atoms with Crippen LogP contribution in [0.3, 0.4) is 0 Å². The minimum absolute atomic E-state index is 0.168. The highest BCUT2D eigenvalue weighted by molar-refractivity contribution is 5.71. The predicted octanol–water partition coefficient (Wildman–Crippen LogP) is 4.55. The second-order valence-corrected chi connectivity index (χ2v) is 10.2. The van der Waals surface area contributed by atoms with Gasteiger partial charge in [0.2, 0.25) is 0 Å². The van der Waals surface area contributed by atoms with Crippen molar-refractivity contribution < 1.29 is 29.2 Å². The lowest BCUT2D eigenvalue weighted by atomic mass is 10.0. The molecule has 4 aromatic rings. The second kappa shape index (κ2) is 13.6. The van der Waals surface area contributed by atoms with E-state index in [-0.39, 0.29) is 13.2 Å². The van der Waals surface area contributed by atoms with Gasteiger partial charge in [-0.05, 0) is 66.1 Å². The third-order valence-electron chi connectivity index (χ3n) is 7.84. The van der Waals surface area contributed by atoms with Gasteiger partial charge in [-0.3, -0.25) is 0 Å². The monoisotopic (exact) mass is 586 g/mol. The summed E-state index contributed by atoms with van der Waals surface area (Å²) in [6.45, 7) is 3.09. The highest BCUT2D eigenvalue weighted by Gasteiger charge is 2.19. The highest BCUT2D eigenvalue weighted by atomic mass is 16.5. The molecule has 43 heavy (non-hydrogen) atoms. The van der Waals surface area contributed by atoms with Crippen LogP contribution in [-0.4, -0.2) is 74.8 Å². The first-order valence-electron chi connectivity index (χ1n) is 14.2. The summed E-state index contributed by atoms with van der Waals surface area (Å²) in [7, 11) is 6.32. The molecule has 226 valence electrons. The van der Waals surface area contributed by atoms with Crippen LogP contribution in [0.15, 0.2) is 60.9 Å². The van der Waals surface area contributed by atoms with E-state index in [1.165, 1.54) is 0 Å². The van der Waals surface area contributed by atoms with E-state index in [1.807, 2.05) is 48.8 Å². The molecule has 0 amide bonds. The van der Waals surface area contributed by atoms with Gasteiger partial charge in [0.05, 0.1) is 52.8 Å². The average Bonchev–Trinajstić information content (AvgIpc) is 3.33. The second-order valence-electron chi connectivity index (χ2n) is 10.2. The van der Waals surface area contributed by atoms with Gasteiger partial charge in [0.1, 0.15) is 34.6 Å². The van der Waals surface area contributed by atoms with Crippen molar-refractivity contribution in [1.82, 2.24) is 9.97 Å². The number of pyridine rings is 2. The number of methoxy groups -OCH3 is 4. The maximum absolute atomic E-state index is 9.73. The van der Waals surface area contributed by atoms with Crippen LogP contribution in [0, 0.1) is 0 Å². The molecule has 0 saturated carbocycles. The highest BCUT2D eigenvalue weighted by Crippen LogP contribution is 2.36. The number of aromatic nitrogens is 2. The van der Waals surface area contributed by atoms with Gasteiger partial charge >= 0.3 is 0 Å². The van der Waals surface area contributed by atoms with Gasteiger partial charge < -0.3 is 39.0 Å². The van der Waals surface area contributed by atoms with Crippen LogP contribution >= 0.6 is 0 Å². The number of hydrogen-bond donors (Lipinski definition) is 2. The predicted molar refractivity (Wildman–Crippen MR) is 166 cm³/mol. The molecular weight excluding hydrogens is 548 g/mol.